The summed E-state index contributed by atoms with van der Waals surface area (Å²) < 4.78 is 20.9. The predicted octanol–water partition coefficient (Wildman–Crippen LogP) is 5.37. The Morgan fingerprint density at radius 2 is 2.11 bits per heavy atom. The van der Waals surface area contributed by atoms with Gasteiger partial charge in [0.05, 0.1) is 23.3 Å². The molecule has 2 aromatic heterocycles. The third-order valence-electron chi connectivity index (χ3n) is 4.78. The summed E-state index contributed by atoms with van der Waals surface area (Å²) in [5, 5.41) is 0. The maximum Gasteiger partial charge on any atom is 0.154 e. The van der Waals surface area contributed by atoms with Crippen molar-refractivity contribution in [2.45, 2.75) is 6.92 Å². The topological polar surface area (TPSA) is 54.0 Å². The first-order chi connectivity index (χ1) is 13.6. The molecule has 1 aliphatic rings. The molecule has 2 aromatic carbocycles. The van der Waals surface area contributed by atoms with Crippen LogP contribution in [0.25, 0.3) is 22.4 Å². The Morgan fingerprint density at radius 3 is 2.93 bits per heavy atom. The van der Waals surface area contributed by atoms with E-state index >= 15 is 0 Å². The van der Waals surface area contributed by atoms with Gasteiger partial charge in [-0.25, -0.2) is 14.4 Å². The molecule has 0 aliphatic carbocycles. The van der Waals surface area contributed by atoms with Crippen LogP contribution in [0.2, 0.25) is 0 Å². The highest BCUT2D eigenvalue weighted by atomic mass is 79.9. The third-order valence-corrected chi connectivity index (χ3v) is 5.24. The number of nitrogens with zero attached hydrogens (tertiary/aromatic N) is 3. The SMILES string of the molecule is Cc1ccc(N2CCOc3c(-c4nc5c(F)cc(Br)cc5[nH]4)cccc32)nc1. The molecule has 0 spiro atoms. The molecule has 140 valence electrons. The van der Waals surface area contributed by atoms with Crippen LogP contribution in [0.15, 0.2) is 53.1 Å². The summed E-state index contributed by atoms with van der Waals surface area (Å²) in [4.78, 5) is 14.4. The van der Waals surface area contributed by atoms with Crippen molar-refractivity contribution in [3.05, 3.63) is 64.5 Å². The highest BCUT2D eigenvalue weighted by Gasteiger charge is 2.25. The number of benzene rings is 2. The van der Waals surface area contributed by atoms with E-state index in [0.29, 0.717) is 34.5 Å². The van der Waals surface area contributed by atoms with Crippen LogP contribution < -0.4 is 9.64 Å². The van der Waals surface area contributed by atoms with Crippen LogP contribution >= 0.6 is 15.9 Å². The van der Waals surface area contributed by atoms with E-state index in [2.05, 4.69) is 35.8 Å². The van der Waals surface area contributed by atoms with Crippen molar-refractivity contribution >= 4 is 38.5 Å². The molecule has 4 aromatic rings. The van der Waals surface area contributed by atoms with Crippen molar-refractivity contribution in [3.63, 3.8) is 0 Å². The number of hydrogen-bond donors (Lipinski definition) is 1. The van der Waals surface area contributed by atoms with E-state index in [1.54, 1.807) is 0 Å². The Kier molecular flexibility index (Phi) is 4.05. The lowest BCUT2D eigenvalue weighted by atomic mass is 10.1. The number of aromatic nitrogens is 3. The van der Waals surface area contributed by atoms with Gasteiger partial charge in [0.1, 0.15) is 23.8 Å². The van der Waals surface area contributed by atoms with Gasteiger partial charge in [-0.1, -0.05) is 28.1 Å². The fourth-order valence-electron chi connectivity index (χ4n) is 3.46. The monoisotopic (exact) mass is 438 g/mol. The third kappa shape index (κ3) is 2.82. The zero-order valence-corrected chi connectivity index (χ0v) is 16.6. The van der Waals surface area contributed by atoms with Gasteiger partial charge in [0.15, 0.2) is 11.6 Å². The maximum atomic E-state index is 14.3. The average Bonchev–Trinajstić information content (AvgIpc) is 3.12. The minimum atomic E-state index is -0.372. The van der Waals surface area contributed by atoms with Crippen molar-refractivity contribution in [1.29, 1.82) is 0 Å². The lowest BCUT2D eigenvalue weighted by Gasteiger charge is -2.31. The summed E-state index contributed by atoms with van der Waals surface area (Å²) in [7, 11) is 0. The fraction of sp³-hybridized carbons (Fsp3) is 0.143. The molecule has 0 fully saturated rings. The zero-order valence-electron chi connectivity index (χ0n) is 15.0. The summed E-state index contributed by atoms with van der Waals surface area (Å²) in [6.07, 6.45) is 1.86. The minimum Gasteiger partial charge on any atom is -0.489 e. The van der Waals surface area contributed by atoms with Gasteiger partial charge < -0.3 is 14.6 Å². The molecule has 5 nitrogen and oxygen atoms in total. The second-order valence-corrected chi connectivity index (χ2v) is 7.63. The number of aromatic amines is 1. The molecule has 0 saturated carbocycles. The van der Waals surface area contributed by atoms with Crippen LogP contribution in [0.3, 0.4) is 0 Å². The normalized spacial score (nSPS) is 13.5. The summed E-state index contributed by atoms with van der Waals surface area (Å²) in [5.41, 5.74) is 3.76. The molecule has 0 amide bonds. The van der Waals surface area contributed by atoms with E-state index in [-0.39, 0.29) is 5.82 Å². The number of H-pyrrole nitrogens is 1. The predicted molar refractivity (Wildman–Crippen MR) is 111 cm³/mol. The van der Waals surface area contributed by atoms with Crippen molar-refractivity contribution in [3.8, 4) is 17.1 Å². The van der Waals surface area contributed by atoms with Gasteiger partial charge in [0, 0.05) is 10.7 Å². The van der Waals surface area contributed by atoms with Crippen LogP contribution in [0.5, 0.6) is 5.75 Å². The van der Waals surface area contributed by atoms with Gasteiger partial charge in [-0.3, -0.25) is 0 Å². The van der Waals surface area contributed by atoms with E-state index in [9.17, 15) is 4.39 Å². The Labute approximate surface area is 169 Å². The number of para-hydroxylation sites is 1. The smallest absolute Gasteiger partial charge is 0.154 e. The Hall–Kier alpha value is -2.93. The highest BCUT2D eigenvalue weighted by molar-refractivity contribution is 9.10. The summed E-state index contributed by atoms with van der Waals surface area (Å²) in [5.74, 6) is 1.78. The van der Waals surface area contributed by atoms with Crippen molar-refractivity contribution in [2.75, 3.05) is 18.1 Å². The van der Waals surface area contributed by atoms with Crippen molar-refractivity contribution < 1.29 is 9.13 Å². The molecule has 0 atom stereocenters. The lowest BCUT2D eigenvalue weighted by molar-refractivity contribution is 0.315. The largest absolute Gasteiger partial charge is 0.489 e. The number of imidazole rings is 1. The molecule has 1 N–H and O–H groups in total. The van der Waals surface area contributed by atoms with Crippen molar-refractivity contribution in [2.24, 2.45) is 0 Å². The first kappa shape index (κ1) is 17.2. The summed E-state index contributed by atoms with van der Waals surface area (Å²) >= 11 is 3.32. The quantitative estimate of drug-likeness (QED) is 0.457. The standard InChI is InChI=1S/C21H16BrFN4O/c1-12-5-6-18(24-11-12)27-7-8-28-20-14(3-2-4-17(20)27)21-25-16-10-13(22)9-15(23)19(16)26-21/h2-6,9-11H,7-8H2,1H3,(H,25,26). The fourth-order valence-corrected chi connectivity index (χ4v) is 3.89. The second-order valence-electron chi connectivity index (χ2n) is 6.72. The van der Waals surface area contributed by atoms with Crippen LogP contribution in [0.4, 0.5) is 15.9 Å². The van der Waals surface area contributed by atoms with E-state index in [1.165, 1.54) is 6.07 Å². The molecule has 1 aliphatic heterocycles. The molecule has 0 bridgehead atoms. The van der Waals surface area contributed by atoms with Gasteiger partial charge >= 0.3 is 0 Å². The lowest BCUT2D eigenvalue weighted by Crippen LogP contribution is -2.29. The zero-order chi connectivity index (χ0) is 19.3. The molecular formula is C21H16BrFN4O. The van der Waals surface area contributed by atoms with Crippen LogP contribution in [-0.4, -0.2) is 28.1 Å². The number of hydrogen-bond acceptors (Lipinski definition) is 4. The number of ether oxygens (including phenoxy) is 1. The molecule has 3 heterocycles. The molecule has 0 unspecified atom stereocenters. The molecule has 0 saturated heterocycles. The molecule has 0 radical (unpaired) electrons. The summed E-state index contributed by atoms with van der Waals surface area (Å²) in [6, 6.07) is 13.1. The Balaban J connectivity index is 1.64. The number of fused-ring (bicyclic) bond motifs is 2. The molecule has 7 heteroatoms. The molecule has 28 heavy (non-hydrogen) atoms. The minimum absolute atomic E-state index is 0.309. The Morgan fingerprint density at radius 1 is 1.21 bits per heavy atom. The van der Waals surface area contributed by atoms with Crippen LogP contribution in [-0.2, 0) is 0 Å². The van der Waals surface area contributed by atoms with Crippen LogP contribution in [0, 0.1) is 12.7 Å². The number of aryl methyl sites for hydroxylation is 1. The van der Waals surface area contributed by atoms with E-state index < -0.39 is 0 Å². The summed E-state index contributed by atoms with van der Waals surface area (Å²) in [6.45, 7) is 3.25. The van der Waals surface area contributed by atoms with Gasteiger partial charge in [-0.2, -0.15) is 0 Å². The van der Waals surface area contributed by atoms with E-state index in [1.807, 2.05) is 49.5 Å². The number of anilines is 2. The van der Waals surface area contributed by atoms with Gasteiger partial charge in [0.2, 0.25) is 0 Å². The van der Waals surface area contributed by atoms with Gasteiger partial charge in [0.25, 0.3) is 0 Å². The first-order valence-electron chi connectivity index (χ1n) is 8.91. The Bertz CT molecular complexity index is 1190. The number of rotatable bonds is 2. The van der Waals surface area contributed by atoms with E-state index in [4.69, 9.17) is 4.74 Å². The van der Waals surface area contributed by atoms with E-state index in [0.717, 1.165) is 28.4 Å². The maximum absolute atomic E-state index is 14.3. The highest BCUT2D eigenvalue weighted by Crippen LogP contribution is 2.42. The first-order valence-corrected chi connectivity index (χ1v) is 9.70. The van der Waals surface area contributed by atoms with Gasteiger partial charge in [-0.15, -0.1) is 0 Å². The molecular weight excluding hydrogens is 423 g/mol. The average molecular weight is 439 g/mol. The number of pyridine rings is 1. The number of nitrogens with one attached hydrogen (secondary N) is 1. The van der Waals surface area contributed by atoms with Gasteiger partial charge in [-0.05, 0) is 42.8 Å². The second kappa shape index (κ2) is 6.60. The number of halogens is 2. The van der Waals surface area contributed by atoms with Crippen LogP contribution in [0.1, 0.15) is 5.56 Å². The van der Waals surface area contributed by atoms with Crippen molar-refractivity contribution in [1.82, 2.24) is 15.0 Å². The molecule has 5 rings (SSSR count).